The molecule has 0 saturated heterocycles. The minimum absolute atomic E-state index is 0.169. The molecular formula is C37H40O12. The number of hydrogen-bond donors (Lipinski definition) is 4. The molecule has 2 aliphatic rings. The van der Waals surface area contributed by atoms with Crippen molar-refractivity contribution in [3.8, 4) is 28.7 Å². The molecule has 0 aromatic heterocycles. The maximum Gasteiger partial charge on any atom is 0.347 e. The van der Waals surface area contributed by atoms with Crippen LogP contribution in [0.3, 0.4) is 0 Å². The Labute approximate surface area is 283 Å². The third kappa shape index (κ3) is 9.47. The highest BCUT2D eigenvalue weighted by Gasteiger charge is 2.36. The van der Waals surface area contributed by atoms with E-state index in [4.69, 9.17) is 19.3 Å². The molecule has 49 heavy (non-hydrogen) atoms. The fourth-order valence-electron chi connectivity index (χ4n) is 5.12. The van der Waals surface area contributed by atoms with E-state index < -0.39 is 70.2 Å². The Morgan fingerprint density at radius 1 is 0.959 bits per heavy atom. The summed E-state index contributed by atoms with van der Waals surface area (Å²) in [5.41, 5.74) is 1.54. The van der Waals surface area contributed by atoms with Crippen LogP contribution in [-0.4, -0.2) is 50.6 Å². The molecule has 0 bridgehead atoms. The van der Waals surface area contributed by atoms with E-state index in [1.165, 1.54) is 37.8 Å². The molecule has 2 aromatic carbocycles. The summed E-state index contributed by atoms with van der Waals surface area (Å²) < 4.78 is 15.9. The number of phenols is 2. The third-order valence-corrected chi connectivity index (χ3v) is 7.89. The summed E-state index contributed by atoms with van der Waals surface area (Å²) in [7, 11) is 0. The van der Waals surface area contributed by atoms with Crippen LogP contribution in [0.4, 0.5) is 0 Å². The van der Waals surface area contributed by atoms with Gasteiger partial charge in [-0.3, -0.25) is 4.79 Å². The van der Waals surface area contributed by atoms with E-state index in [-0.39, 0.29) is 28.7 Å². The van der Waals surface area contributed by atoms with Gasteiger partial charge in [-0.1, -0.05) is 49.3 Å². The zero-order valence-electron chi connectivity index (χ0n) is 28.2. The summed E-state index contributed by atoms with van der Waals surface area (Å²) in [6.07, 6.45) is 15.4. The highest BCUT2D eigenvalue weighted by molar-refractivity contribution is 6.02. The van der Waals surface area contributed by atoms with Crippen LogP contribution in [0, 0.1) is 19.3 Å². The Morgan fingerprint density at radius 2 is 1.65 bits per heavy atom. The molecule has 0 fully saturated rings. The second kappa shape index (κ2) is 16.0. The Bertz CT molecular complexity index is 1800. The van der Waals surface area contributed by atoms with E-state index in [0.717, 1.165) is 18.9 Å². The predicted octanol–water partition coefficient (Wildman–Crippen LogP) is 7.27. The first-order valence-electron chi connectivity index (χ1n) is 15.4. The maximum atomic E-state index is 12.9. The number of carboxylic acid groups (broad SMARTS) is 2. The van der Waals surface area contributed by atoms with Gasteiger partial charge in [0.2, 0.25) is 0 Å². The molecule has 0 spiro atoms. The lowest BCUT2D eigenvalue weighted by Crippen LogP contribution is -2.13. The first-order chi connectivity index (χ1) is 23.0. The molecule has 0 atom stereocenters. The number of allylic oxidation sites excluding steroid dienone is 6. The number of aryl methyl sites for hydroxylation is 1. The zero-order valence-corrected chi connectivity index (χ0v) is 28.2. The standard InChI is InChI=1S/C22H16O12.C15H24/c1-8-5-12(24)10(6-23)19-15(8)22(31)34-20-11(7-32-14(27)4-3-13(25)26)17(28)16(21(29)30)9(2)18(20)33-19;1-13-7-5-8-14(2)10-12-15(3,4)11-6-9-13/h3-6,24,28H,7H2,1-2H3,(H,25,26)(H,29,30);6-7,10-11H,5,8-9,12H2,1-4H3. The zero-order chi connectivity index (χ0) is 36.6. The largest absolute Gasteiger partial charge is 0.507 e. The molecule has 4 N–H and O–H groups in total. The number of ether oxygens (including phenoxy) is 3. The molecule has 2 aromatic rings. The first-order valence-corrected chi connectivity index (χ1v) is 15.4. The van der Waals surface area contributed by atoms with Crippen LogP contribution < -0.4 is 9.47 Å². The van der Waals surface area contributed by atoms with Crippen LogP contribution >= 0.6 is 0 Å². The van der Waals surface area contributed by atoms with Gasteiger partial charge in [0.15, 0.2) is 23.5 Å². The summed E-state index contributed by atoms with van der Waals surface area (Å²) in [6.45, 7) is 10.9. The lowest BCUT2D eigenvalue weighted by molar-refractivity contribution is -0.139. The quantitative estimate of drug-likeness (QED) is 0.0787. The molecule has 12 nitrogen and oxygen atoms in total. The van der Waals surface area contributed by atoms with Crippen LogP contribution in [-0.2, 0) is 20.9 Å². The second-order valence-electron chi connectivity index (χ2n) is 12.4. The number of phenolic OH excluding ortho intramolecular Hbond substituents is 1. The number of esters is 2. The summed E-state index contributed by atoms with van der Waals surface area (Å²) in [5, 5.41) is 38.9. The Kier molecular flexibility index (Phi) is 12.3. The highest BCUT2D eigenvalue weighted by atomic mass is 16.6. The lowest BCUT2D eigenvalue weighted by atomic mass is 9.87. The molecule has 4 rings (SSSR count). The van der Waals surface area contributed by atoms with Crippen molar-refractivity contribution in [1.29, 1.82) is 0 Å². The molecule has 0 unspecified atom stereocenters. The van der Waals surface area contributed by atoms with Gasteiger partial charge in [-0.2, -0.15) is 0 Å². The first kappa shape index (κ1) is 37.8. The number of aromatic hydroxyl groups is 2. The van der Waals surface area contributed by atoms with Crippen LogP contribution in [0.2, 0.25) is 0 Å². The lowest BCUT2D eigenvalue weighted by Gasteiger charge is -2.18. The number of rotatable bonds is 6. The molecule has 1 aliphatic carbocycles. The van der Waals surface area contributed by atoms with Gasteiger partial charge >= 0.3 is 23.9 Å². The van der Waals surface area contributed by atoms with Crippen molar-refractivity contribution in [3.05, 3.63) is 87.0 Å². The molecule has 0 amide bonds. The highest BCUT2D eigenvalue weighted by Crippen LogP contribution is 2.50. The summed E-state index contributed by atoms with van der Waals surface area (Å²) in [6, 6.07) is 1.13. The topological polar surface area (TPSA) is 194 Å². The number of carbonyl (C=O) groups excluding carboxylic acids is 3. The van der Waals surface area contributed by atoms with Crippen molar-refractivity contribution < 1.29 is 58.6 Å². The number of aldehydes is 1. The maximum absolute atomic E-state index is 12.9. The smallest absolute Gasteiger partial charge is 0.347 e. The van der Waals surface area contributed by atoms with Gasteiger partial charge in [-0.05, 0) is 70.4 Å². The summed E-state index contributed by atoms with van der Waals surface area (Å²) in [4.78, 5) is 58.6. The number of carboxylic acids is 2. The van der Waals surface area contributed by atoms with Crippen molar-refractivity contribution in [2.75, 3.05) is 0 Å². The third-order valence-electron chi connectivity index (χ3n) is 7.89. The molecular weight excluding hydrogens is 636 g/mol. The minimum atomic E-state index is -1.60. The van der Waals surface area contributed by atoms with Crippen molar-refractivity contribution in [2.45, 2.75) is 73.8 Å². The van der Waals surface area contributed by atoms with Crippen LogP contribution in [0.1, 0.15) is 101 Å². The van der Waals surface area contributed by atoms with Crippen molar-refractivity contribution in [1.82, 2.24) is 0 Å². The van der Waals surface area contributed by atoms with Crippen LogP contribution in [0.25, 0.3) is 0 Å². The summed E-state index contributed by atoms with van der Waals surface area (Å²) >= 11 is 0. The fraction of sp³-hybridized carbons (Fsp3) is 0.324. The Balaban J connectivity index is 0.000000362. The van der Waals surface area contributed by atoms with E-state index in [9.17, 15) is 39.3 Å². The Morgan fingerprint density at radius 3 is 2.29 bits per heavy atom. The summed E-state index contributed by atoms with van der Waals surface area (Å²) in [5.74, 6) is -7.91. The van der Waals surface area contributed by atoms with Gasteiger partial charge in [-0.25, -0.2) is 19.2 Å². The number of hydrogen-bond acceptors (Lipinski definition) is 10. The number of benzene rings is 2. The van der Waals surface area contributed by atoms with Crippen LogP contribution in [0.15, 0.2) is 53.7 Å². The minimum Gasteiger partial charge on any atom is -0.507 e. The number of aliphatic carboxylic acids is 1. The van der Waals surface area contributed by atoms with Crippen molar-refractivity contribution >= 4 is 30.2 Å². The fourth-order valence-corrected chi connectivity index (χ4v) is 5.12. The normalized spacial score (nSPS) is 15.3. The average molecular weight is 677 g/mol. The number of fused-ring (bicyclic) bond motifs is 2. The molecule has 12 heteroatoms. The van der Waals surface area contributed by atoms with E-state index in [0.29, 0.717) is 17.6 Å². The van der Waals surface area contributed by atoms with E-state index in [1.807, 2.05) is 0 Å². The average Bonchev–Trinajstić information content (AvgIpc) is 3.16. The van der Waals surface area contributed by atoms with Gasteiger partial charge in [0, 0.05) is 17.7 Å². The van der Waals surface area contributed by atoms with E-state index >= 15 is 0 Å². The number of carbonyl (C=O) groups is 5. The van der Waals surface area contributed by atoms with Gasteiger partial charge in [0.05, 0.1) is 11.1 Å². The number of aromatic carboxylic acids is 1. The van der Waals surface area contributed by atoms with Gasteiger partial charge in [0.1, 0.15) is 29.2 Å². The van der Waals surface area contributed by atoms with Gasteiger partial charge < -0.3 is 34.6 Å². The molecule has 1 aliphatic heterocycles. The molecule has 260 valence electrons. The van der Waals surface area contributed by atoms with Crippen molar-refractivity contribution in [2.24, 2.45) is 5.41 Å². The molecule has 0 radical (unpaired) electrons. The SMILES string of the molecule is CC1=CCCC(C)=CCC(C)(C)C=CC1.Cc1cc(O)c(C=O)c2c1C(=O)Oc1c(COC(=O)C=CC(=O)O)c(O)c(C(=O)O)c(C)c1O2. The van der Waals surface area contributed by atoms with E-state index in [1.54, 1.807) is 0 Å². The van der Waals surface area contributed by atoms with Gasteiger partial charge in [-0.15, -0.1) is 0 Å². The predicted molar refractivity (Wildman–Crippen MR) is 179 cm³/mol. The monoisotopic (exact) mass is 676 g/mol. The van der Waals surface area contributed by atoms with Crippen LogP contribution in [0.5, 0.6) is 28.7 Å². The molecule has 1 heterocycles. The van der Waals surface area contributed by atoms with E-state index in [2.05, 4.69) is 52.0 Å². The second-order valence-corrected chi connectivity index (χ2v) is 12.4. The van der Waals surface area contributed by atoms with Crippen molar-refractivity contribution in [3.63, 3.8) is 0 Å². The molecule has 0 saturated carbocycles. The Hall–Kier alpha value is -5.65. The van der Waals surface area contributed by atoms with Gasteiger partial charge in [0.25, 0.3) is 0 Å².